The first-order valence-corrected chi connectivity index (χ1v) is 9.00. The third-order valence-electron chi connectivity index (χ3n) is 4.14. The molecule has 3 amide bonds. The number of nitrogens with one attached hydrogen (secondary N) is 2. The van der Waals surface area contributed by atoms with E-state index in [2.05, 4.69) is 10.6 Å². The summed E-state index contributed by atoms with van der Waals surface area (Å²) < 4.78 is 5.08. The maximum atomic E-state index is 12.4. The fourth-order valence-electron chi connectivity index (χ4n) is 2.73. The summed E-state index contributed by atoms with van der Waals surface area (Å²) in [5.74, 6) is -1.39. The second kappa shape index (κ2) is 10.1. The van der Waals surface area contributed by atoms with Crippen molar-refractivity contribution in [1.82, 2.24) is 10.6 Å². The Bertz CT molecular complexity index is 754. The zero-order valence-electron chi connectivity index (χ0n) is 15.9. The molecule has 0 bridgehead atoms. The largest absolute Gasteiger partial charge is 0.454 e. The molecule has 0 aromatic heterocycles. The molecule has 28 heavy (non-hydrogen) atoms. The van der Waals surface area contributed by atoms with E-state index in [9.17, 15) is 14.4 Å². The van der Waals surface area contributed by atoms with Crippen LogP contribution in [0.25, 0.3) is 0 Å². The zero-order valence-corrected chi connectivity index (χ0v) is 15.9. The number of primary amides is 1. The van der Waals surface area contributed by atoms with Crippen LogP contribution in [0.4, 0.5) is 4.79 Å². The molecule has 0 heterocycles. The van der Waals surface area contributed by atoms with E-state index in [1.165, 1.54) is 0 Å². The Balaban J connectivity index is 2.04. The van der Waals surface area contributed by atoms with Crippen molar-refractivity contribution in [3.05, 3.63) is 71.8 Å². The van der Waals surface area contributed by atoms with Gasteiger partial charge >= 0.3 is 12.0 Å². The van der Waals surface area contributed by atoms with Crippen molar-refractivity contribution in [3.8, 4) is 0 Å². The molecular formula is C21H25N3O4. The molecule has 7 heteroatoms. The molecule has 1 atom stereocenters. The van der Waals surface area contributed by atoms with Crippen LogP contribution in [-0.2, 0) is 14.3 Å². The van der Waals surface area contributed by atoms with Gasteiger partial charge in [0.25, 0.3) is 5.91 Å². The number of carbonyl (C=O) groups excluding carboxylic acids is 3. The normalized spacial score (nSPS) is 11.7. The number of esters is 1. The van der Waals surface area contributed by atoms with Gasteiger partial charge in [0.05, 0.1) is 6.04 Å². The smallest absolute Gasteiger partial charge is 0.329 e. The minimum absolute atomic E-state index is 0.232. The Labute approximate surface area is 164 Å². The molecule has 0 aliphatic rings. The van der Waals surface area contributed by atoms with Crippen molar-refractivity contribution in [2.75, 3.05) is 6.61 Å². The molecule has 0 spiro atoms. The minimum atomic E-state index is -0.913. The molecule has 0 radical (unpaired) electrons. The highest BCUT2D eigenvalue weighted by Crippen LogP contribution is 2.21. The van der Waals surface area contributed by atoms with Crippen LogP contribution in [0.1, 0.15) is 31.0 Å². The number of benzene rings is 2. The molecule has 2 rings (SSSR count). The van der Waals surface area contributed by atoms with E-state index in [1.807, 2.05) is 60.7 Å². The second-order valence-corrected chi connectivity index (χ2v) is 6.66. The van der Waals surface area contributed by atoms with Crippen molar-refractivity contribution >= 4 is 17.9 Å². The molecule has 0 aliphatic carbocycles. The van der Waals surface area contributed by atoms with Gasteiger partial charge in [0.15, 0.2) is 6.61 Å². The van der Waals surface area contributed by atoms with Crippen molar-refractivity contribution in [1.29, 1.82) is 0 Å². The lowest BCUT2D eigenvalue weighted by molar-refractivity contribution is -0.151. The third-order valence-corrected chi connectivity index (χ3v) is 4.14. The van der Waals surface area contributed by atoms with Crippen molar-refractivity contribution in [2.24, 2.45) is 11.7 Å². The van der Waals surface area contributed by atoms with Gasteiger partial charge < -0.3 is 21.1 Å². The average molecular weight is 383 g/mol. The SMILES string of the molecule is CC(C)[C@H](NC(N)=O)C(=O)OCC(=O)NC(c1ccccc1)c1ccccc1. The average Bonchev–Trinajstić information content (AvgIpc) is 2.69. The van der Waals surface area contributed by atoms with Gasteiger partial charge in [0, 0.05) is 0 Å². The van der Waals surface area contributed by atoms with Gasteiger partial charge in [-0.25, -0.2) is 9.59 Å². The molecule has 148 valence electrons. The van der Waals surface area contributed by atoms with Crippen LogP contribution in [0, 0.1) is 5.92 Å². The maximum absolute atomic E-state index is 12.4. The number of carbonyl (C=O) groups is 3. The molecule has 4 N–H and O–H groups in total. The highest BCUT2D eigenvalue weighted by atomic mass is 16.5. The number of amides is 3. The van der Waals surface area contributed by atoms with E-state index in [0.29, 0.717) is 0 Å². The van der Waals surface area contributed by atoms with Gasteiger partial charge in [-0.05, 0) is 17.0 Å². The molecule has 0 aliphatic heterocycles. The number of hydrogen-bond acceptors (Lipinski definition) is 4. The van der Waals surface area contributed by atoms with E-state index in [4.69, 9.17) is 10.5 Å². The summed E-state index contributed by atoms with van der Waals surface area (Å²) in [5, 5.41) is 5.21. The predicted molar refractivity (Wildman–Crippen MR) is 105 cm³/mol. The van der Waals surface area contributed by atoms with Crippen LogP contribution in [0.15, 0.2) is 60.7 Å². The molecule has 0 unspecified atom stereocenters. The lowest BCUT2D eigenvalue weighted by Gasteiger charge is -2.21. The van der Waals surface area contributed by atoms with E-state index >= 15 is 0 Å². The fourth-order valence-corrected chi connectivity index (χ4v) is 2.73. The maximum Gasteiger partial charge on any atom is 0.329 e. The number of urea groups is 1. The van der Waals surface area contributed by atoms with Crippen LogP contribution >= 0.6 is 0 Å². The first kappa shape index (κ1) is 21.0. The Morgan fingerprint density at radius 3 is 1.82 bits per heavy atom. The van der Waals surface area contributed by atoms with Crippen molar-refractivity contribution < 1.29 is 19.1 Å². The number of nitrogens with two attached hydrogens (primary N) is 1. The molecule has 0 fully saturated rings. The van der Waals surface area contributed by atoms with Gasteiger partial charge in [0.2, 0.25) is 0 Å². The predicted octanol–water partition coefficient (Wildman–Crippen LogP) is 2.13. The fraction of sp³-hybridized carbons (Fsp3) is 0.286. The summed E-state index contributed by atoms with van der Waals surface area (Å²) in [5.41, 5.74) is 6.90. The van der Waals surface area contributed by atoms with E-state index in [0.717, 1.165) is 11.1 Å². The highest BCUT2D eigenvalue weighted by Gasteiger charge is 2.26. The molecule has 2 aromatic rings. The minimum Gasteiger partial charge on any atom is -0.454 e. The summed E-state index contributed by atoms with van der Waals surface area (Å²) in [7, 11) is 0. The quantitative estimate of drug-likeness (QED) is 0.607. The van der Waals surface area contributed by atoms with Gasteiger partial charge in [-0.2, -0.15) is 0 Å². The van der Waals surface area contributed by atoms with Gasteiger partial charge in [-0.1, -0.05) is 74.5 Å². The first-order chi connectivity index (χ1) is 13.4. The van der Waals surface area contributed by atoms with Crippen LogP contribution < -0.4 is 16.4 Å². The van der Waals surface area contributed by atoms with Crippen LogP contribution in [0.3, 0.4) is 0 Å². The van der Waals surface area contributed by atoms with Crippen molar-refractivity contribution in [2.45, 2.75) is 25.9 Å². The topological polar surface area (TPSA) is 111 Å². The summed E-state index contributed by atoms with van der Waals surface area (Å²) in [6.45, 7) is 3.02. The lowest BCUT2D eigenvalue weighted by atomic mass is 9.99. The zero-order chi connectivity index (χ0) is 20.5. The lowest BCUT2D eigenvalue weighted by Crippen LogP contribution is -2.48. The molecular weight excluding hydrogens is 358 g/mol. The van der Waals surface area contributed by atoms with Crippen LogP contribution in [-0.4, -0.2) is 30.6 Å². The Morgan fingerprint density at radius 1 is 0.893 bits per heavy atom. The Hall–Kier alpha value is -3.35. The molecule has 2 aromatic carbocycles. The van der Waals surface area contributed by atoms with Gasteiger partial charge in [-0.15, -0.1) is 0 Å². The Kier molecular flexibility index (Phi) is 7.56. The summed E-state index contributed by atoms with van der Waals surface area (Å²) in [4.78, 5) is 35.6. The summed E-state index contributed by atoms with van der Waals surface area (Å²) in [6, 6.07) is 16.9. The van der Waals surface area contributed by atoms with E-state index < -0.39 is 30.6 Å². The van der Waals surface area contributed by atoms with Gasteiger partial charge in [-0.3, -0.25) is 4.79 Å². The first-order valence-electron chi connectivity index (χ1n) is 9.00. The number of rotatable bonds is 8. The molecule has 0 saturated heterocycles. The summed E-state index contributed by atoms with van der Waals surface area (Å²) >= 11 is 0. The van der Waals surface area contributed by atoms with E-state index in [1.54, 1.807) is 13.8 Å². The van der Waals surface area contributed by atoms with Gasteiger partial charge in [0.1, 0.15) is 6.04 Å². The monoisotopic (exact) mass is 383 g/mol. The molecule has 0 saturated carbocycles. The summed E-state index contributed by atoms with van der Waals surface area (Å²) in [6.07, 6.45) is 0. The Morgan fingerprint density at radius 2 is 1.39 bits per heavy atom. The standard InChI is InChI=1S/C21H25N3O4/c1-14(2)18(24-21(22)27)20(26)28-13-17(25)23-19(15-9-5-3-6-10-15)16-11-7-4-8-12-16/h3-12,14,18-19H,13H2,1-2H3,(H,23,25)(H3,22,24,27)/t18-/m0/s1. The third kappa shape index (κ3) is 6.12. The van der Waals surface area contributed by atoms with Crippen molar-refractivity contribution in [3.63, 3.8) is 0 Å². The van der Waals surface area contributed by atoms with E-state index in [-0.39, 0.29) is 12.0 Å². The number of hydrogen-bond donors (Lipinski definition) is 3. The van der Waals surface area contributed by atoms with Crippen LogP contribution in [0.2, 0.25) is 0 Å². The second-order valence-electron chi connectivity index (χ2n) is 6.66. The highest BCUT2D eigenvalue weighted by molar-refractivity contribution is 5.85. The number of ether oxygens (including phenoxy) is 1. The van der Waals surface area contributed by atoms with Crippen LogP contribution in [0.5, 0.6) is 0 Å². The molecule has 7 nitrogen and oxygen atoms in total.